The van der Waals surface area contributed by atoms with E-state index in [0.29, 0.717) is 12.8 Å². The molecule has 2 atom stereocenters. The van der Waals surface area contributed by atoms with Gasteiger partial charge in [0, 0.05) is 12.8 Å². The molecule has 0 aromatic heterocycles. The zero-order valence-electron chi connectivity index (χ0n) is 26.1. The summed E-state index contributed by atoms with van der Waals surface area (Å²) < 4.78 is 5.87. The normalized spacial score (nSPS) is 12.5. The van der Waals surface area contributed by atoms with E-state index in [1.54, 1.807) is 0 Å². The molecule has 0 heterocycles. The van der Waals surface area contributed by atoms with Crippen molar-refractivity contribution in [2.45, 2.75) is 167 Å². The van der Waals surface area contributed by atoms with Crippen LogP contribution in [0.4, 0.5) is 0 Å². The molecule has 0 saturated heterocycles. The second-order valence-electron chi connectivity index (χ2n) is 11.3. The maximum absolute atomic E-state index is 12.5. The molecule has 0 spiro atoms. The molecule has 41 heavy (non-hydrogen) atoms. The van der Waals surface area contributed by atoms with Crippen molar-refractivity contribution < 1.29 is 34.1 Å². The number of nitrogens with one attached hydrogen (secondary N) is 2. The number of aliphatic hydroxyl groups excluding tert-OH is 1. The van der Waals surface area contributed by atoms with E-state index in [0.717, 1.165) is 57.8 Å². The van der Waals surface area contributed by atoms with Crippen LogP contribution >= 0.6 is 0 Å². The van der Waals surface area contributed by atoms with Gasteiger partial charge in [0.25, 0.3) is 0 Å². The van der Waals surface area contributed by atoms with E-state index in [-0.39, 0.29) is 30.9 Å². The van der Waals surface area contributed by atoms with Gasteiger partial charge in [-0.05, 0) is 38.5 Å². The van der Waals surface area contributed by atoms with E-state index >= 15 is 0 Å². The first-order valence-electron chi connectivity index (χ1n) is 16.4. The number of amides is 2. The second-order valence-corrected chi connectivity index (χ2v) is 11.3. The van der Waals surface area contributed by atoms with Crippen molar-refractivity contribution in [2.75, 3.05) is 13.2 Å². The Kier molecular flexibility index (Phi) is 26.5. The number of hydrogen-bond acceptors (Lipinski definition) is 6. The molecule has 0 fully saturated rings. The number of carboxylic acids is 1. The molecule has 4 N–H and O–H groups in total. The fraction of sp³-hybridized carbons (Fsp3) is 0.875. The monoisotopic (exact) mass is 584 g/mol. The number of unbranched alkanes of at least 4 members (excludes halogenated alkanes) is 15. The Labute approximate surface area is 249 Å². The summed E-state index contributed by atoms with van der Waals surface area (Å²) in [4.78, 5) is 47.0. The predicted octanol–water partition coefficient (Wildman–Crippen LogP) is 6.20. The van der Waals surface area contributed by atoms with Gasteiger partial charge in [0.05, 0.1) is 13.2 Å². The molecule has 0 aliphatic rings. The lowest BCUT2D eigenvalue weighted by atomic mass is 10.0. The van der Waals surface area contributed by atoms with Crippen molar-refractivity contribution in [3.63, 3.8) is 0 Å². The highest BCUT2D eigenvalue weighted by Gasteiger charge is 2.19. The number of carboxylic acid groups (broad SMARTS) is 1. The Hall–Kier alpha value is -2.16. The van der Waals surface area contributed by atoms with E-state index in [1.165, 1.54) is 64.2 Å². The molecule has 2 unspecified atom stereocenters. The summed E-state index contributed by atoms with van der Waals surface area (Å²) in [6, 6.07) is -1.38. The first kappa shape index (κ1) is 38.8. The summed E-state index contributed by atoms with van der Waals surface area (Å²) in [7, 11) is 0. The van der Waals surface area contributed by atoms with Gasteiger partial charge in [-0.3, -0.25) is 14.4 Å². The predicted molar refractivity (Wildman–Crippen MR) is 162 cm³/mol. The molecule has 0 radical (unpaired) electrons. The van der Waals surface area contributed by atoms with Crippen LogP contribution in [0.5, 0.6) is 0 Å². The van der Waals surface area contributed by atoms with Gasteiger partial charge in [0.1, 0.15) is 12.1 Å². The van der Waals surface area contributed by atoms with Crippen molar-refractivity contribution in [2.24, 2.45) is 0 Å². The third kappa shape index (κ3) is 25.3. The lowest BCUT2D eigenvalue weighted by Gasteiger charge is -2.18. The third-order valence-electron chi connectivity index (χ3n) is 7.35. The molecule has 0 aliphatic carbocycles. The zero-order valence-corrected chi connectivity index (χ0v) is 26.1. The number of aliphatic hydroxyl groups is 1. The molecule has 2 amide bonds. The zero-order chi connectivity index (χ0) is 30.6. The Morgan fingerprint density at radius 2 is 1.10 bits per heavy atom. The van der Waals surface area contributed by atoms with Crippen LogP contribution in [-0.4, -0.2) is 59.3 Å². The van der Waals surface area contributed by atoms with Crippen LogP contribution in [0, 0.1) is 0 Å². The molecule has 0 bridgehead atoms. The van der Waals surface area contributed by atoms with Crippen LogP contribution in [0.3, 0.4) is 0 Å². The van der Waals surface area contributed by atoms with Gasteiger partial charge in [0.2, 0.25) is 11.8 Å². The van der Waals surface area contributed by atoms with E-state index in [4.69, 9.17) is 14.9 Å². The number of hydrogen-bond donors (Lipinski definition) is 4. The van der Waals surface area contributed by atoms with E-state index in [9.17, 15) is 19.2 Å². The first-order valence-corrected chi connectivity index (χ1v) is 16.4. The molecule has 9 nitrogen and oxygen atoms in total. The quantitative estimate of drug-likeness (QED) is 0.0606. The van der Waals surface area contributed by atoms with Crippen molar-refractivity contribution in [3.8, 4) is 0 Å². The Balaban J connectivity index is 4.09. The highest BCUT2D eigenvalue weighted by atomic mass is 16.5. The van der Waals surface area contributed by atoms with Gasteiger partial charge in [-0.2, -0.15) is 0 Å². The summed E-state index contributed by atoms with van der Waals surface area (Å²) in [6.45, 7) is 3.39. The van der Waals surface area contributed by atoms with Crippen LogP contribution in [-0.2, 0) is 23.9 Å². The summed E-state index contributed by atoms with van der Waals surface area (Å²) in [5.41, 5.74) is 0. The summed E-state index contributed by atoms with van der Waals surface area (Å²) in [5, 5.41) is 22.4. The number of rotatable bonds is 29. The molecule has 0 rings (SSSR count). The molecule has 0 aromatic rings. The lowest BCUT2D eigenvalue weighted by molar-refractivity contribution is -0.150. The number of esters is 1. The lowest BCUT2D eigenvalue weighted by Crippen LogP contribution is -2.47. The van der Waals surface area contributed by atoms with Crippen LogP contribution in [0.25, 0.3) is 0 Å². The minimum absolute atomic E-state index is 0.0298. The highest BCUT2D eigenvalue weighted by molar-refractivity contribution is 5.87. The maximum atomic E-state index is 12.5. The molecule has 0 saturated carbocycles. The second kappa shape index (κ2) is 28.0. The van der Waals surface area contributed by atoms with Crippen molar-refractivity contribution >= 4 is 23.8 Å². The molecular weight excluding hydrogens is 524 g/mol. The van der Waals surface area contributed by atoms with Crippen molar-refractivity contribution in [1.82, 2.24) is 10.6 Å². The fourth-order valence-electron chi connectivity index (χ4n) is 4.77. The Morgan fingerprint density at radius 1 is 0.634 bits per heavy atom. The average molecular weight is 585 g/mol. The number of carbonyl (C=O) groups is 4. The number of aliphatic carboxylic acids is 1. The highest BCUT2D eigenvalue weighted by Crippen LogP contribution is 2.18. The topological polar surface area (TPSA) is 142 Å². The first-order chi connectivity index (χ1) is 19.8. The van der Waals surface area contributed by atoms with Crippen molar-refractivity contribution in [1.29, 1.82) is 0 Å². The molecule has 9 heteroatoms. The number of ether oxygens (including phenoxy) is 1. The standard InChI is InChI=1S/C32H60N2O7/c1-3-5-7-9-10-11-12-13-14-20-24-31(38)41-27(21-17-8-6-4-2)22-18-15-16-19-23-29(36)33-25-30(37)34-28(26-35)32(39)40/h27-28,35H,3-26H2,1-2H3,(H,33,36)(H,34,37)(H,39,40). The van der Waals surface area contributed by atoms with Crippen LogP contribution in [0.15, 0.2) is 0 Å². The largest absolute Gasteiger partial charge is 0.480 e. The molecule has 240 valence electrons. The van der Waals surface area contributed by atoms with E-state index in [2.05, 4.69) is 24.5 Å². The average Bonchev–Trinajstić information content (AvgIpc) is 2.95. The smallest absolute Gasteiger partial charge is 0.328 e. The number of carbonyl (C=O) groups excluding carboxylic acids is 3. The summed E-state index contributed by atoms with van der Waals surface area (Å²) >= 11 is 0. The van der Waals surface area contributed by atoms with Gasteiger partial charge >= 0.3 is 11.9 Å². The van der Waals surface area contributed by atoms with Gasteiger partial charge < -0.3 is 25.6 Å². The van der Waals surface area contributed by atoms with Gasteiger partial charge in [-0.25, -0.2) is 4.79 Å². The van der Waals surface area contributed by atoms with E-state index < -0.39 is 24.5 Å². The van der Waals surface area contributed by atoms with Gasteiger partial charge in [-0.1, -0.05) is 104 Å². The summed E-state index contributed by atoms with van der Waals surface area (Å²) in [5.74, 6) is -2.34. The SMILES string of the molecule is CCCCCCCCCCCCC(=O)OC(CCCCCC)CCCCCCC(=O)NCC(=O)NC(CO)C(=O)O. The van der Waals surface area contributed by atoms with Crippen LogP contribution in [0.1, 0.15) is 155 Å². The third-order valence-corrected chi connectivity index (χ3v) is 7.35. The van der Waals surface area contributed by atoms with Gasteiger partial charge in [-0.15, -0.1) is 0 Å². The summed E-state index contributed by atoms with van der Waals surface area (Å²) in [6.07, 6.45) is 23.0. The van der Waals surface area contributed by atoms with Crippen LogP contribution < -0.4 is 10.6 Å². The molecule has 0 aliphatic heterocycles. The van der Waals surface area contributed by atoms with Crippen molar-refractivity contribution in [3.05, 3.63) is 0 Å². The van der Waals surface area contributed by atoms with Crippen LogP contribution in [0.2, 0.25) is 0 Å². The minimum atomic E-state index is -1.38. The molecular formula is C32H60N2O7. The minimum Gasteiger partial charge on any atom is -0.480 e. The Bertz CT molecular complexity index is 687. The molecule has 0 aromatic carbocycles. The fourth-order valence-corrected chi connectivity index (χ4v) is 4.77. The van der Waals surface area contributed by atoms with Gasteiger partial charge in [0.15, 0.2) is 0 Å². The van der Waals surface area contributed by atoms with E-state index in [1.807, 2.05) is 0 Å². The maximum Gasteiger partial charge on any atom is 0.328 e. The Morgan fingerprint density at radius 3 is 1.61 bits per heavy atom.